The Hall–Kier alpha value is -1.89. The molecule has 0 radical (unpaired) electrons. The number of esters is 1. The average Bonchev–Trinajstić information content (AvgIpc) is 3.65. The van der Waals surface area contributed by atoms with Crippen LogP contribution in [0.2, 0.25) is 0 Å². The molecule has 4 aliphatic heterocycles. The fourth-order valence-electron chi connectivity index (χ4n) is 11.3. The van der Waals surface area contributed by atoms with Crippen molar-refractivity contribution >= 4 is 5.97 Å². The van der Waals surface area contributed by atoms with E-state index in [1.54, 1.807) is 24.3 Å². The van der Waals surface area contributed by atoms with E-state index < -0.39 is 89.2 Å². The number of ether oxygens (including phenoxy) is 5. The molecule has 4 N–H and O–H groups in total. The minimum atomic E-state index is -2.10. The maximum atomic E-state index is 13.7. The Bertz CT molecular complexity index is 1400. The number of benzene rings is 1. The summed E-state index contributed by atoms with van der Waals surface area (Å²) in [6, 6.07) is 8.62. The van der Waals surface area contributed by atoms with Gasteiger partial charge in [-0.25, -0.2) is 4.79 Å². The number of rotatable bonds is 4. The summed E-state index contributed by atoms with van der Waals surface area (Å²) in [6.45, 7) is 9.65. The van der Waals surface area contributed by atoms with Crippen LogP contribution < -0.4 is 0 Å². The summed E-state index contributed by atoms with van der Waals surface area (Å²) in [4.78, 5) is 13.7. The number of epoxide rings is 1. The number of aliphatic hydroxyl groups excluding tert-OH is 3. The second-order valence-electron chi connectivity index (χ2n) is 15.5. The highest BCUT2D eigenvalue weighted by molar-refractivity contribution is 5.89. The average molecular weight is 641 g/mol. The first-order chi connectivity index (χ1) is 21.9. The molecule has 3 saturated carbocycles. The summed E-state index contributed by atoms with van der Waals surface area (Å²) >= 11 is 0. The lowest BCUT2D eigenvalue weighted by atomic mass is 9.54. The van der Waals surface area contributed by atoms with Crippen LogP contribution in [-0.2, 0) is 23.7 Å². The van der Waals surface area contributed by atoms with Gasteiger partial charge in [-0.1, -0.05) is 70.7 Å². The van der Waals surface area contributed by atoms with Crippen molar-refractivity contribution in [1.82, 2.24) is 0 Å². The molecule has 1 aromatic rings. The highest BCUT2D eigenvalue weighted by atomic mass is 16.9. The van der Waals surface area contributed by atoms with Gasteiger partial charge in [0.1, 0.15) is 41.2 Å². The van der Waals surface area contributed by atoms with Crippen molar-refractivity contribution in [2.45, 2.75) is 131 Å². The molecule has 4 saturated heterocycles. The van der Waals surface area contributed by atoms with Gasteiger partial charge in [-0.05, 0) is 48.8 Å². The number of hydrogen-bond acceptors (Lipinski definition) is 10. The third-order valence-electron chi connectivity index (χ3n) is 13.2. The third-order valence-corrected chi connectivity index (χ3v) is 13.2. The van der Waals surface area contributed by atoms with Gasteiger partial charge in [0, 0.05) is 24.7 Å². The molecule has 15 atom stereocenters. The Morgan fingerprint density at radius 2 is 1.74 bits per heavy atom. The Labute approximate surface area is 270 Å². The molecule has 8 rings (SSSR count). The maximum absolute atomic E-state index is 13.7. The standard InChI is InChI=1S/C36H48O10/c1-19(2)36-23(38)17-32-25-28-33(18-37,43-28)31(40)35(41)26(32)24(21(4)27(35)42-30(39)22-14-10-8-11-15-22)20(3)13-9-6-5-7-12-16-34(45-32,46-36)44-29(25)36/h8,10-11,14-15,20-21,23-29,31,37-38,40-41H,1,5-7,9,12-13,16-18H2,2-4H3. The molecule has 3 bridgehead atoms. The zero-order chi connectivity index (χ0) is 32.4. The van der Waals surface area contributed by atoms with E-state index in [0.29, 0.717) is 17.6 Å². The molecule has 7 aliphatic rings. The van der Waals surface area contributed by atoms with E-state index in [4.69, 9.17) is 23.7 Å². The van der Waals surface area contributed by atoms with Gasteiger partial charge in [0.15, 0.2) is 0 Å². The first-order valence-electron chi connectivity index (χ1n) is 17.3. The van der Waals surface area contributed by atoms with Crippen molar-refractivity contribution in [3.63, 3.8) is 0 Å². The van der Waals surface area contributed by atoms with Gasteiger partial charge in [-0.3, -0.25) is 0 Å². The molecule has 252 valence electrons. The number of fused-ring (bicyclic) bond motifs is 1. The molecule has 3 aliphatic carbocycles. The molecule has 0 amide bonds. The highest BCUT2D eigenvalue weighted by Crippen LogP contribution is 2.74. The van der Waals surface area contributed by atoms with Gasteiger partial charge in [0.25, 0.3) is 5.97 Å². The van der Waals surface area contributed by atoms with Gasteiger partial charge in [-0.2, -0.15) is 0 Å². The van der Waals surface area contributed by atoms with Crippen LogP contribution in [0.4, 0.5) is 0 Å². The zero-order valence-corrected chi connectivity index (χ0v) is 27.0. The number of carbonyl (C=O) groups is 1. The lowest BCUT2D eigenvalue weighted by molar-refractivity contribution is -0.431. The SMILES string of the molecule is C=C(C)C12OC34CCCCCCCC(C)C5C(C)C(OC(=O)c6ccccc6)C6(O)C(O)C7(CO)OC7C(C1O3)C(CC2O)(O4)C56. The van der Waals surface area contributed by atoms with Crippen LogP contribution in [0.15, 0.2) is 42.5 Å². The lowest BCUT2D eigenvalue weighted by Crippen LogP contribution is -2.74. The van der Waals surface area contributed by atoms with E-state index >= 15 is 0 Å². The van der Waals surface area contributed by atoms with E-state index in [-0.39, 0.29) is 18.3 Å². The molecule has 0 aromatic heterocycles. The molecule has 10 nitrogen and oxygen atoms in total. The fourth-order valence-corrected chi connectivity index (χ4v) is 11.3. The van der Waals surface area contributed by atoms with E-state index in [0.717, 1.165) is 38.5 Å². The van der Waals surface area contributed by atoms with Crippen molar-refractivity contribution in [3.8, 4) is 0 Å². The van der Waals surface area contributed by atoms with Crippen molar-refractivity contribution in [3.05, 3.63) is 48.0 Å². The van der Waals surface area contributed by atoms with E-state index in [1.807, 2.05) is 19.9 Å². The summed E-state index contributed by atoms with van der Waals surface area (Å²) < 4.78 is 33.4. The Kier molecular flexibility index (Phi) is 7.03. The van der Waals surface area contributed by atoms with Gasteiger partial charge in [-0.15, -0.1) is 0 Å². The zero-order valence-electron chi connectivity index (χ0n) is 27.0. The molecule has 7 fully saturated rings. The minimum absolute atomic E-state index is 0.0429. The van der Waals surface area contributed by atoms with Gasteiger partial charge in [0.05, 0.1) is 23.9 Å². The van der Waals surface area contributed by atoms with E-state index in [9.17, 15) is 25.2 Å². The topological polar surface area (TPSA) is 147 Å². The molecular weight excluding hydrogens is 592 g/mol. The molecular formula is C36H48O10. The first-order valence-corrected chi connectivity index (χ1v) is 17.3. The van der Waals surface area contributed by atoms with Crippen LogP contribution in [0.1, 0.15) is 82.5 Å². The lowest BCUT2D eigenvalue weighted by Gasteiger charge is -2.60. The second kappa shape index (κ2) is 10.3. The number of aliphatic hydroxyl groups is 4. The monoisotopic (exact) mass is 640 g/mol. The van der Waals surface area contributed by atoms with Gasteiger partial charge in [0.2, 0.25) is 0 Å². The summed E-state index contributed by atoms with van der Waals surface area (Å²) in [5, 5.41) is 48.9. The van der Waals surface area contributed by atoms with Crippen LogP contribution in [0.3, 0.4) is 0 Å². The Balaban J connectivity index is 1.36. The largest absolute Gasteiger partial charge is 0.455 e. The maximum Gasteiger partial charge on any atom is 0.338 e. The molecule has 2 spiro atoms. The van der Waals surface area contributed by atoms with Gasteiger partial charge >= 0.3 is 5.97 Å². The van der Waals surface area contributed by atoms with Crippen LogP contribution in [0, 0.1) is 29.6 Å². The minimum Gasteiger partial charge on any atom is -0.455 e. The molecule has 1 aromatic carbocycles. The van der Waals surface area contributed by atoms with Crippen LogP contribution in [0.5, 0.6) is 0 Å². The van der Waals surface area contributed by atoms with Crippen molar-refractivity contribution in [2.75, 3.05) is 6.61 Å². The van der Waals surface area contributed by atoms with E-state index in [1.165, 1.54) is 0 Å². The smallest absolute Gasteiger partial charge is 0.338 e. The molecule has 10 heteroatoms. The first kappa shape index (κ1) is 31.4. The molecule has 46 heavy (non-hydrogen) atoms. The van der Waals surface area contributed by atoms with Crippen LogP contribution in [0.25, 0.3) is 0 Å². The highest BCUT2D eigenvalue weighted by Gasteiger charge is 2.90. The third kappa shape index (κ3) is 3.79. The summed E-state index contributed by atoms with van der Waals surface area (Å²) in [5.74, 6) is -4.21. The predicted octanol–water partition coefficient (Wildman–Crippen LogP) is 3.24. The van der Waals surface area contributed by atoms with Crippen molar-refractivity contribution in [2.24, 2.45) is 29.6 Å². The number of hydrogen-bond donors (Lipinski definition) is 4. The van der Waals surface area contributed by atoms with Crippen LogP contribution in [-0.4, -0.2) is 91.9 Å². The fraction of sp³-hybridized carbons (Fsp3) is 0.750. The Morgan fingerprint density at radius 1 is 1.02 bits per heavy atom. The normalized spacial score (nSPS) is 53.6. The van der Waals surface area contributed by atoms with Crippen LogP contribution >= 0.6 is 0 Å². The second-order valence-corrected chi connectivity index (χ2v) is 15.5. The van der Waals surface area contributed by atoms with Gasteiger partial charge < -0.3 is 44.1 Å². The summed E-state index contributed by atoms with van der Waals surface area (Å²) in [6.07, 6.45) is 0.805. The molecule has 15 unspecified atom stereocenters. The van der Waals surface area contributed by atoms with E-state index in [2.05, 4.69) is 13.5 Å². The Morgan fingerprint density at radius 3 is 2.46 bits per heavy atom. The summed E-state index contributed by atoms with van der Waals surface area (Å²) in [5.41, 5.74) is -5.33. The van der Waals surface area contributed by atoms with Crippen molar-refractivity contribution < 1.29 is 48.9 Å². The predicted molar refractivity (Wildman–Crippen MR) is 163 cm³/mol. The quantitative estimate of drug-likeness (QED) is 0.220. The number of carbonyl (C=O) groups excluding carboxylic acids is 1. The molecule has 4 heterocycles. The summed E-state index contributed by atoms with van der Waals surface area (Å²) in [7, 11) is 0. The van der Waals surface area contributed by atoms with Crippen molar-refractivity contribution in [1.29, 1.82) is 0 Å².